The molecule has 5 rings (SSSR count). The van der Waals surface area contributed by atoms with Gasteiger partial charge in [0.05, 0.1) is 5.60 Å². The van der Waals surface area contributed by atoms with Gasteiger partial charge in [0.15, 0.2) is 0 Å². The summed E-state index contributed by atoms with van der Waals surface area (Å²) in [6, 6.07) is 0.430. The summed E-state index contributed by atoms with van der Waals surface area (Å²) in [6.45, 7) is 0. The molecule has 0 saturated heterocycles. The summed E-state index contributed by atoms with van der Waals surface area (Å²) in [5.41, 5.74) is -0.306. The van der Waals surface area contributed by atoms with Crippen LogP contribution >= 0.6 is 0 Å². The SMILES string of the molecule is O=C(CC12C[C@@H]3C[C@H](CC(O)(C3)C1)C2)NC1CCCC1. The highest BCUT2D eigenvalue weighted by Gasteiger charge is 2.57. The van der Waals surface area contributed by atoms with E-state index in [-0.39, 0.29) is 11.3 Å². The average Bonchev–Trinajstić information content (AvgIpc) is 2.76. The van der Waals surface area contributed by atoms with Crippen LogP contribution in [0.15, 0.2) is 0 Å². The van der Waals surface area contributed by atoms with Gasteiger partial charge < -0.3 is 10.4 Å². The number of carbonyl (C=O) groups is 1. The molecule has 3 nitrogen and oxygen atoms in total. The molecule has 0 radical (unpaired) electrons. The second-order valence-corrected chi connectivity index (χ2v) is 8.41. The van der Waals surface area contributed by atoms with Crippen LogP contribution in [-0.4, -0.2) is 22.7 Å². The standard InChI is InChI=1S/C17H27NO2/c19-15(18-14-3-1-2-4-14)10-16-6-12-5-13(7-16)9-17(20,8-12)11-16/h12-14,20H,1-11H2,(H,18,19)/t12-,13-,16?,17?/m0/s1. The van der Waals surface area contributed by atoms with E-state index in [2.05, 4.69) is 5.32 Å². The highest BCUT2D eigenvalue weighted by atomic mass is 16.3. The van der Waals surface area contributed by atoms with E-state index in [1.54, 1.807) is 0 Å². The average molecular weight is 277 g/mol. The summed E-state index contributed by atoms with van der Waals surface area (Å²) < 4.78 is 0. The number of amides is 1. The fourth-order valence-corrected chi connectivity index (χ4v) is 6.30. The third kappa shape index (κ3) is 2.28. The largest absolute Gasteiger partial charge is 0.390 e. The number of hydrogen-bond donors (Lipinski definition) is 2. The summed E-state index contributed by atoms with van der Waals surface area (Å²) in [4.78, 5) is 12.4. The van der Waals surface area contributed by atoms with Crippen molar-refractivity contribution in [1.82, 2.24) is 5.32 Å². The van der Waals surface area contributed by atoms with Crippen LogP contribution in [0.4, 0.5) is 0 Å². The van der Waals surface area contributed by atoms with Crippen molar-refractivity contribution in [2.24, 2.45) is 17.3 Å². The van der Waals surface area contributed by atoms with Crippen LogP contribution in [0.5, 0.6) is 0 Å². The first-order valence-corrected chi connectivity index (χ1v) is 8.56. The maximum Gasteiger partial charge on any atom is 0.220 e. The molecule has 0 unspecified atom stereocenters. The van der Waals surface area contributed by atoms with Crippen molar-refractivity contribution < 1.29 is 9.90 Å². The van der Waals surface area contributed by atoms with Gasteiger partial charge in [-0.05, 0) is 68.6 Å². The zero-order valence-electron chi connectivity index (χ0n) is 12.4. The van der Waals surface area contributed by atoms with Crippen LogP contribution in [0.2, 0.25) is 0 Å². The van der Waals surface area contributed by atoms with Crippen molar-refractivity contribution in [1.29, 1.82) is 0 Å². The predicted octanol–water partition coefficient (Wildman–Crippen LogP) is 2.77. The fourth-order valence-electron chi connectivity index (χ4n) is 6.30. The van der Waals surface area contributed by atoms with Gasteiger partial charge in [-0.25, -0.2) is 0 Å². The number of nitrogens with one attached hydrogen (secondary N) is 1. The lowest BCUT2D eigenvalue weighted by atomic mass is 9.47. The smallest absolute Gasteiger partial charge is 0.220 e. The summed E-state index contributed by atoms with van der Waals surface area (Å²) in [7, 11) is 0. The minimum Gasteiger partial charge on any atom is -0.390 e. The van der Waals surface area contributed by atoms with Gasteiger partial charge in [0.2, 0.25) is 5.91 Å². The Labute approximate surface area is 121 Å². The Hall–Kier alpha value is -0.570. The Morgan fingerprint density at radius 3 is 2.35 bits per heavy atom. The van der Waals surface area contributed by atoms with Gasteiger partial charge in [-0.15, -0.1) is 0 Å². The Morgan fingerprint density at radius 1 is 1.10 bits per heavy atom. The Kier molecular flexibility index (Phi) is 2.93. The molecular weight excluding hydrogens is 250 g/mol. The first-order chi connectivity index (χ1) is 9.54. The second-order valence-electron chi connectivity index (χ2n) is 8.41. The topological polar surface area (TPSA) is 49.3 Å². The van der Waals surface area contributed by atoms with E-state index in [4.69, 9.17) is 0 Å². The molecule has 5 fully saturated rings. The van der Waals surface area contributed by atoms with Crippen molar-refractivity contribution in [3.8, 4) is 0 Å². The van der Waals surface area contributed by atoms with Crippen LogP contribution in [0.3, 0.4) is 0 Å². The first kappa shape index (κ1) is 13.1. The van der Waals surface area contributed by atoms with Crippen molar-refractivity contribution in [3.05, 3.63) is 0 Å². The summed E-state index contributed by atoms with van der Waals surface area (Å²) in [5, 5.41) is 14.0. The van der Waals surface area contributed by atoms with Gasteiger partial charge in [0, 0.05) is 12.5 Å². The lowest BCUT2D eigenvalue weighted by molar-refractivity contribution is -0.169. The minimum atomic E-state index is -0.433. The third-order valence-corrected chi connectivity index (χ3v) is 6.41. The molecule has 20 heavy (non-hydrogen) atoms. The monoisotopic (exact) mass is 277 g/mol. The molecule has 5 saturated carbocycles. The first-order valence-electron chi connectivity index (χ1n) is 8.56. The molecule has 0 heterocycles. The number of rotatable bonds is 3. The number of hydrogen-bond acceptors (Lipinski definition) is 2. The summed E-state index contributed by atoms with van der Waals surface area (Å²) in [5.74, 6) is 1.61. The molecule has 2 atom stereocenters. The summed E-state index contributed by atoms with van der Waals surface area (Å²) >= 11 is 0. The van der Waals surface area contributed by atoms with Gasteiger partial charge in [0.1, 0.15) is 0 Å². The normalized spacial score (nSPS) is 46.9. The molecule has 1 amide bonds. The molecule has 0 spiro atoms. The molecule has 0 aromatic rings. The van der Waals surface area contributed by atoms with Gasteiger partial charge in [-0.1, -0.05) is 12.8 Å². The van der Waals surface area contributed by atoms with Gasteiger partial charge in [-0.2, -0.15) is 0 Å². The fraction of sp³-hybridized carbons (Fsp3) is 0.941. The highest BCUT2D eigenvalue weighted by molar-refractivity contribution is 5.77. The van der Waals surface area contributed by atoms with Gasteiger partial charge in [-0.3, -0.25) is 4.79 Å². The Bertz CT molecular complexity index is 399. The van der Waals surface area contributed by atoms with E-state index in [0.717, 1.165) is 32.1 Å². The summed E-state index contributed by atoms with van der Waals surface area (Å²) in [6.07, 6.45) is 12.1. The molecule has 0 aromatic carbocycles. The molecule has 112 valence electrons. The van der Waals surface area contributed by atoms with Gasteiger partial charge >= 0.3 is 0 Å². The van der Waals surface area contributed by atoms with Gasteiger partial charge in [0.25, 0.3) is 0 Å². The van der Waals surface area contributed by atoms with E-state index < -0.39 is 5.60 Å². The minimum absolute atomic E-state index is 0.127. The maximum atomic E-state index is 12.4. The molecule has 3 heteroatoms. The predicted molar refractivity (Wildman–Crippen MR) is 77.1 cm³/mol. The third-order valence-electron chi connectivity index (χ3n) is 6.41. The molecule has 0 aromatic heterocycles. The quantitative estimate of drug-likeness (QED) is 0.833. The van der Waals surface area contributed by atoms with E-state index in [1.165, 1.54) is 32.1 Å². The van der Waals surface area contributed by atoms with E-state index in [1.807, 2.05) is 0 Å². The van der Waals surface area contributed by atoms with Crippen LogP contribution in [0.1, 0.15) is 70.6 Å². The van der Waals surface area contributed by atoms with Crippen molar-refractivity contribution in [2.45, 2.75) is 82.3 Å². The molecule has 5 aliphatic carbocycles. The zero-order chi connectivity index (χ0) is 13.8. The molecular formula is C17H27NO2. The Morgan fingerprint density at radius 2 is 1.75 bits per heavy atom. The number of aliphatic hydroxyl groups is 1. The van der Waals surface area contributed by atoms with Crippen LogP contribution < -0.4 is 5.32 Å². The van der Waals surface area contributed by atoms with Crippen molar-refractivity contribution >= 4 is 5.91 Å². The maximum absolute atomic E-state index is 12.4. The van der Waals surface area contributed by atoms with E-state index in [9.17, 15) is 9.90 Å². The lowest BCUT2D eigenvalue weighted by Crippen LogP contribution is -2.56. The van der Waals surface area contributed by atoms with Crippen LogP contribution in [0, 0.1) is 17.3 Å². The van der Waals surface area contributed by atoms with Crippen molar-refractivity contribution in [3.63, 3.8) is 0 Å². The van der Waals surface area contributed by atoms with E-state index >= 15 is 0 Å². The molecule has 2 N–H and O–H groups in total. The number of carbonyl (C=O) groups excluding carboxylic acids is 1. The van der Waals surface area contributed by atoms with Crippen LogP contribution in [0.25, 0.3) is 0 Å². The van der Waals surface area contributed by atoms with E-state index in [0.29, 0.717) is 24.3 Å². The lowest BCUT2D eigenvalue weighted by Gasteiger charge is -2.60. The second kappa shape index (κ2) is 4.46. The molecule has 0 aliphatic heterocycles. The zero-order valence-corrected chi connectivity index (χ0v) is 12.4. The van der Waals surface area contributed by atoms with Crippen molar-refractivity contribution in [2.75, 3.05) is 0 Å². The highest BCUT2D eigenvalue weighted by Crippen LogP contribution is 2.62. The molecule has 4 bridgehead atoms. The molecule has 5 aliphatic rings. The Balaban J connectivity index is 1.43. The van der Waals surface area contributed by atoms with Crippen LogP contribution in [-0.2, 0) is 4.79 Å².